The first-order valence-electron chi connectivity index (χ1n) is 8.78. The summed E-state index contributed by atoms with van der Waals surface area (Å²) in [6.45, 7) is 2.14. The normalized spacial score (nSPS) is 21.0. The number of nitrogens with zero attached hydrogens (tertiary/aromatic N) is 1. The van der Waals surface area contributed by atoms with E-state index in [4.69, 9.17) is 0 Å². The zero-order valence-corrected chi connectivity index (χ0v) is 15.5. The Balaban J connectivity index is 1.68. The van der Waals surface area contributed by atoms with Crippen LogP contribution in [0.15, 0.2) is 54.6 Å². The highest BCUT2D eigenvalue weighted by Crippen LogP contribution is 2.29. The summed E-state index contributed by atoms with van der Waals surface area (Å²) in [6, 6.07) is 13.4. The molecule has 1 heterocycles. The summed E-state index contributed by atoms with van der Waals surface area (Å²) in [5.74, 6) is -0.351. The second kappa shape index (κ2) is 7.27. The summed E-state index contributed by atoms with van der Waals surface area (Å²) in [5.41, 5.74) is -0.464. The lowest BCUT2D eigenvalue weighted by Crippen LogP contribution is -3.09. The fourth-order valence-corrected chi connectivity index (χ4v) is 3.29. The van der Waals surface area contributed by atoms with E-state index in [0.717, 1.165) is 21.9 Å². The van der Waals surface area contributed by atoms with E-state index in [2.05, 4.69) is 5.32 Å². The van der Waals surface area contributed by atoms with Crippen molar-refractivity contribution in [3.63, 3.8) is 0 Å². The van der Waals surface area contributed by atoms with Crippen LogP contribution >= 0.6 is 0 Å². The number of urea groups is 1. The third kappa shape index (κ3) is 3.87. The largest absolute Gasteiger partial charge is 0.416 e. The molecule has 0 bridgehead atoms. The molecule has 1 saturated heterocycles. The van der Waals surface area contributed by atoms with Gasteiger partial charge in [-0.1, -0.05) is 42.5 Å². The Labute approximate surface area is 160 Å². The SMILES string of the molecule is C[NH+](Cc1ccc(C(F)(F)F)cc1)CN1C(=O)N[C@](C)(c2ccccc2)C1=O. The van der Waals surface area contributed by atoms with Gasteiger partial charge in [-0.3, -0.25) is 4.79 Å². The van der Waals surface area contributed by atoms with Gasteiger partial charge in [-0.25, -0.2) is 9.69 Å². The Bertz CT molecular complexity index is 869. The molecule has 0 aromatic heterocycles. The molecule has 0 aliphatic carbocycles. The van der Waals surface area contributed by atoms with Gasteiger partial charge in [-0.2, -0.15) is 13.2 Å². The van der Waals surface area contributed by atoms with Crippen LogP contribution < -0.4 is 10.2 Å². The third-order valence-electron chi connectivity index (χ3n) is 4.84. The molecule has 2 aromatic carbocycles. The minimum absolute atomic E-state index is 0.105. The molecular weight excluding hydrogens is 371 g/mol. The van der Waals surface area contributed by atoms with E-state index in [9.17, 15) is 22.8 Å². The molecule has 1 aliphatic rings. The number of hydrogen-bond donors (Lipinski definition) is 2. The molecular formula is C20H21F3N3O2+. The van der Waals surface area contributed by atoms with Crippen LogP contribution in [-0.2, 0) is 23.1 Å². The molecule has 0 spiro atoms. The van der Waals surface area contributed by atoms with E-state index in [1.165, 1.54) is 12.1 Å². The number of amides is 3. The van der Waals surface area contributed by atoms with Gasteiger partial charge in [-0.05, 0) is 24.6 Å². The quantitative estimate of drug-likeness (QED) is 0.767. The molecule has 5 nitrogen and oxygen atoms in total. The Morgan fingerprint density at radius 3 is 2.21 bits per heavy atom. The first-order chi connectivity index (χ1) is 13.1. The number of benzene rings is 2. The lowest BCUT2D eigenvalue weighted by atomic mass is 9.92. The number of hydrogen-bond acceptors (Lipinski definition) is 2. The van der Waals surface area contributed by atoms with Gasteiger partial charge in [0, 0.05) is 5.56 Å². The fourth-order valence-electron chi connectivity index (χ4n) is 3.29. The van der Waals surface area contributed by atoms with Crippen molar-refractivity contribution in [3.8, 4) is 0 Å². The zero-order chi connectivity index (χ0) is 20.5. The summed E-state index contributed by atoms with van der Waals surface area (Å²) in [6.07, 6.45) is -4.38. The Kier molecular flexibility index (Phi) is 5.16. The smallest absolute Gasteiger partial charge is 0.319 e. The molecule has 1 fully saturated rings. The van der Waals surface area contributed by atoms with Crippen LogP contribution in [-0.4, -0.2) is 30.6 Å². The van der Waals surface area contributed by atoms with Crippen LogP contribution in [0.5, 0.6) is 0 Å². The number of nitrogens with one attached hydrogen (secondary N) is 2. The summed E-state index contributed by atoms with van der Waals surface area (Å²) < 4.78 is 38.0. The van der Waals surface area contributed by atoms with Gasteiger partial charge in [0.2, 0.25) is 0 Å². The first-order valence-corrected chi connectivity index (χ1v) is 8.78. The van der Waals surface area contributed by atoms with Crippen molar-refractivity contribution >= 4 is 11.9 Å². The van der Waals surface area contributed by atoms with Gasteiger partial charge in [0.1, 0.15) is 12.1 Å². The highest BCUT2D eigenvalue weighted by Gasteiger charge is 2.49. The van der Waals surface area contributed by atoms with E-state index >= 15 is 0 Å². The van der Waals surface area contributed by atoms with Crippen molar-refractivity contribution < 1.29 is 27.7 Å². The molecule has 148 valence electrons. The minimum Gasteiger partial charge on any atom is -0.319 e. The number of imide groups is 1. The Morgan fingerprint density at radius 1 is 1.04 bits per heavy atom. The maximum absolute atomic E-state index is 12.9. The van der Waals surface area contributed by atoms with Crippen molar-refractivity contribution in [1.82, 2.24) is 10.2 Å². The van der Waals surface area contributed by atoms with Crippen molar-refractivity contribution in [2.24, 2.45) is 0 Å². The molecule has 3 rings (SSSR count). The van der Waals surface area contributed by atoms with Crippen molar-refractivity contribution in [2.75, 3.05) is 13.7 Å². The predicted molar refractivity (Wildman–Crippen MR) is 96.1 cm³/mol. The summed E-state index contributed by atoms with van der Waals surface area (Å²) in [4.78, 5) is 27.2. The second-order valence-corrected chi connectivity index (χ2v) is 7.14. The van der Waals surface area contributed by atoms with Gasteiger partial charge in [-0.15, -0.1) is 0 Å². The van der Waals surface area contributed by atoms with Crippen LogP contribution in [0.25, 0.3) is 0 Å². The van der Waals surface area contributed by atoms with Gasteiger partial charge in [0.15, 0.2) is 6.67 Å². The van der Waals surface area contributed by atoms with Crippen molar-refractivity contribution in [3.05, 3.63) is 71.3 Å². The third-order valence-corrected chi connectivity index (χ3v) is 4.84. The number of quaternary nitrogens is 1. The maximum Gasteiger partial charge on any atom is 0.416 e. The lowest BCUT2D eigenvalue weighted by molar-refractivity contribution is -0.901. The molecule has 2 N–H and O–H groups in total. The molecule has 28 heavy (non-hydrogen) atoms. The monoisotopic (exact) mass is 392 g/mol. The molecule has 2 aromatic rings. The maximum atomic E-state index is 12.9. The van der Waals surface area contributed by atoms with Gasteiger partial charge in [0.05, 0.1) is 12.6 Å². The average Bonchev–Trinajstić information content (AvgIpc) is 2.86. The Morgan fingerprint density at radius 2 is 1.64 bits per heavy atom. The fraction of sp³-hybridized carbons (Fsp3) is 0.300. The number of alkyl halides is 3. The Hall–Kier alpha value is -2.87. The van der Waals surface area contributed by atoms with Crippen LogP contribution in [0.4, 0.5) is 18.0 Å². The standard InChI is InChI=1S/C20H20F3N3O2/c1-19(15-6-4-3-5-7-15)17(27)26(18(28)24-19)13-25(2)12-14-8-10-16(11-9-14)20(21,22)23/h3-11H,12-13H2,1-2H3,(H,24,28)/p+1/t19-/m1/s1. The highest BCUT2D eigenvalue weighted by molar-refractivity contribution is 6.07. The van der Waals surface area contributed by atoms with E-state index in [1.807, 2.05) is 6.07 Å². The van der Waals surface area contributed by atoms with Crippen molar-refractivity contribution in [1.29, 1.82) is 0 Å². The molecule has 1 aliphatic heterocycles. The van der Waals surface area contributed by atoms with E-state index in [1.54, 1.807) is 38.2 Å². The second-order valence-electron chi connectivity index (χ2n) is 7.14. The van der Waals surface area contributed by atoms with E-state index in [-0.39, 0.29) is 12.6 Å². The van der Waals surface area contributed by atoms with Crippen LogP contribution in [0, 0.1) is 0 Å². The lowest BCUT2D eigenvalue weighted by Gasteiger charge is -2.23. The predicted octanol–water partition coefficient (Wildman–Crippen LogP) is 2.14. The van der Waals surface area contributed by atoms with Crippen LogP contribution in [0.1, 0.15) is 23.6 Å². The molecule has 2 atom stereocenters. The van der Waals surface area contributed by atoms with Crippen LogP contribution in [0.2, 0.25) is 0 Å². The molecule has 0 radical (unpaired) electrons. The highest BCUT2D eigenvalue weighted by atomic mass is 19.4. The number of halogens is 3. The molecule has 8 heteroatoms. The molecule has 1 unspecified atom stereocenters. The zero-order valence-electron chi connectivity index (χ0n) is 15.5. The first kappa shape index (κ1) is 19.9. The molecule has 3 amide bonds. The van der Waals surface area contributed by atoms with Gasteiger partial charge in [0.25, 0.3) is 5.91 Å². The topological polar surface area (TPSA) is 53.9 Å². The minimum atomic E-state index is -4.38. The number of carbonyl (C=O) groups excluding carboxylic acids is 2. The average molecular weight is 392 g/mol. The van der Waals surface area contributed by atoms with E-state index in [0.29, 0.717) is 17.7 Å². The van der Waals surface area contributed by atoms with E-state index < -0.39 is 23.3 Å². The number of rotatable bonds is 5. The summed E-state index contributed by atoms with van der Waals surface area (Å²) in [5, 5.41) is 2.74. The van der Waals surface area contributed by atoms with Gasteiger partial charge < -0.3 is 10.2 Å². The summed E-state index contributed by atoms with van der Waals surface area (Å²) in [7, 11) is 1.77. The summed E-state index contributed by atoms with van der Waals surface area (Å²) >= 11 is 0. The van der Waals surface area contributed by atoms with Gasteiger partial charge >= 0.3 is 12.2 Å². The molecule has 0 saturated carbocycles. The van der Waals surface area contributed by atoms with Crippen molar-refractivity contribution in [2.45, 2.75) is 25.2 Å². The van der Waals surface area contributed by atoms with Crippen LogP contribution in [0.3, 0.4) is 0 Å². The number of carbonyl (C=O) groups is 2.